The van der Waals surface area contributed by atoms with Gasteiger partial charge in [0.25, 0.3) is 0 Å². The summed E-state index contributed by atoms with van der Waals surface area (Å²) in [5.41, 5.74) is 2.51. The van der Waals surface area contributed by atoms with E-state index in [-0.39, 0.29) is 6.61 Å². The molecule has 0 amide bonds. The van der Waals surface area contributed by atoms with E-state index in [0.717, 1.165) is 25.4 Å². The van der Waals surface area contributed by atoms with Crippen molar-refractivity contribution in [1.29, 1.82) is 0 Å². The minimum atomic E-state index is 0.261. The Morgan fingerprint density at radius 3 is 2.94 bits per heavy atom. The molecule has 1 fully saturated rings. The predicted octanol–water partition coefficient (Wildman–Crippen LogP) is 0.939. The number of hydrogen-bond acceptors (Lipinski definition) is 3. The summed E-state index contributed by atoms with van der Waals surface area (Å²) < 4.78 is 2.10. The lowest BCUT2D eigenvalue weighted by atomic mass is 9.84. The van der Waals surface area contributed by atoms with Gasteiger partial charge in [0.2, 0.25) is 0 Å². The number of rotatable bonds is 3. The first-order chi connectivity index (χ1) is 8.28. The lowest BCUT2D eigenvalue weighted by Gasteiger charge is -2.39. The first kappa shape index (κ1) is 11.2. The number of hydrogen-bond donors (Lipinski definition) is 1. The molecule has 1 N–H and O–H groups in total. The normalized spacial score (nSPS) is 25.6. The molecule has 1 aromatic heterocycles. The Bertz CT molecular complexity index is 397. The molecule has 3 rings (SSSR count). The van der Waals surface area contributed by atoms with Crippen LogP contribution in [0.5, 0.6) is 0 Å². The Morgan fingerprint density at radius 2 is 2.29 bits per heavy atom. The Balaban J connectivity index is 1.75. The molecule has 4 nitrogen and oxygen atoms in total. The molecule has 0 spiro atoms. The zero-order chi connectivity index (χ0) is 11.8. The molecular weight excluding hydrogens is 214 g/mol. The number of aromatic nitrogens is 2. The van der Waals surface area contributed by atoms with Crippen LogP contribution in [0.1, 0.15) is 30.7 Å². The van der Waals surface area contributed by atoms with Crippen LogP contribution in [0.3, 0.4) is 0 Å². The second-order valence-electron chi connectivity index (χ2n) is 5.52. The summed E-state index contributed by atoms with van der Waals surface area (Å²) >= 11 is 0. The molecule has 94 valence electrons. The molecule has 1 aromatic rings. The SMILES string of the molecule is Cn1cnc2c1C[C@H](CO)N(CC1CCC1)C2. The Labute approximate surface area is 102 Å². The van der Waals surface area contributed by atoms with E-state index < -0.39 is 0 Å². The summed E-state index contributed by atoms with van der Waals surface area (Å²) in [6.45, 7) is 2.32. The van der Waals surface area contributed by atoms with Gasteiger partial charge in [-0.2, -0.15) is 0 Å². The van der Waals surface area contributed by atoms with E-state index in [1.807, 2.05) is 13.4 Å². The van der Waals surface area contributed by atoms with E-state index in [1.165, 1.54) is 30.7 Å². The van der Waals surface area contributed by atoms with E-state index in [4.69, 9.17) is 0 Å². The van der Waals surface area contributed by atoms with Gasteiger partial charge in [-0.25, -0.2) is 4.98 Å². The zero-order valence-corrected chi connectivity index (χ0v) is 10.5. The third kappa shape index (κ3) is 2.00. The average molecular weight is 235 g/mol. The molecule has 0 radical (unpaired) electrons. The summed E-state index contributed by atoms with van der Waals surface area (Å²) in [6, 6.07) is 0.290. The van der Waals surface area contributed by atoms with Gasteiger partial charge in [0, 0.05) is 38.3 Å². The van der Waals surface area contributed by atoms with Gasteiger partial charge in [-0.15, -0.1) is 0 Å². The van der Waals surface area contributed by atoms with Crippen LogP contribution >= 0.6 is 0 Å². The van der Waals surface area contributed by atoms with Crippen LogP contribution in [-0.4, -0.2) is 38.8 Å². The fraction of sp³-hybridized carbons (Fsp3) is 0.769. The van der Waals surface area contributed by atoms with Gasteiger partial charge in [-0.3, -0.25) is 4.90 Å². The molecule has 0 bridgehead atoms. The van der Waals surface area contributed by atoms with Crippen LogP contribution in [0, 0.1) is 5.92 Å². The van der Waals surface area contributed by atoms with Crippen molar-refractivity contribution in [1.82, 2.24) is 14.5 Å². The minimum Gasteiger partial charge on any atom is -0.395 e. The highest BCUT2D eigenvalue weighted by Crippen LogP contribution is 2.30. The van der Waals surface area contributed by atoms with Crippen LogP contribution in [0.15, 0.2) is 6.33 Å². The van der Waals surface area contributed by atoms with Crippen LogP contribution in [0.4, 0.5) is 0 Å². The van der Waals surface area contributed by atoms with Gasteiger partial charge in [-0.05, 0) is 18.8 Å². The number of aliphatic hydroxyl groups is 1. The first-order valence-electron chi connectivity index (χ1n) is 6.62. The van der Waals surface area contributed by atoms with Gasteiger partial charge in [-0.1, -0.05) is 6.42 Å². The van der Waals surface area contributed by atoms with E-state index in [1.54, 1.807) is 0 Å². The topological polar surface area (TPSA) is 41.3 Å². The first-order valence-corrected chi connectivity index (χ1v) is 6.62. The van der Waals surface area contributed by atoms with Gasteiger partial charge < -0.3 is 9.67 Å². The van der Waals surface area contributed by atoms with Gasteiger partial charge in [0.1, 0.15) is 0 Å². The highest BCUT2D eigenvalue weighted by Gasteiger charge is 2.31. The number of aryl methyl sites for hydroxylation is 1. The molecular formula is C13H21N3O. The van der Waals surface area contributed by atoms with Gasteiger partial charge >= 0.3 is 0 Å². The second-order valence-corrected chi connectivity index (χ2v) is 5.52. The maximum atomic E-state index is 9.55. The maximum Gasteiger partial charge on any atom is 0.0949 e. The van der Waals surface area contributed by atoms with Crippen LogP contribution < -0.4 is 0 Å². The molecule has 1 atom stereocenters. The third-order valence-electron chi connectivity index (χ3n) is 4.37. The van der Waals surface area contributed by atoms with Crippen molar-refractivity contribution in [2.45, 2.75) is 38.3 Å². The van der Waals surface area contributed by atoms with Crippen molar-refractivity contribution < 1.29 is 5.11 Å². The van der Waals surface area contributed by atoms with E-state index in [9.17, 15) is 5.11 Å². The molecule has 2 aliphatic rings. The molecule has 2 heterocycles. The quantitative estimate of drug-likeness (QED) is 0.847. The van der Waals surface area contributed by atoms with E-state index in [2.05, 4.69) is 14.5 Å². The van der Waals surface area contributed by atoms with Crippen molar-refractivity contribution in [2.24, 2.45) is 13.0 Å². The summed E-state index contributed by atoms with van der Waals surface area (Å²) in [5, 5.41) is 9.55. The number of nitrogens with zero attached hydrogens (tertiary/aromatic N) is 3. The fourth-order valence-corrected chi connectivity index (χ4v) is 2.97. The van der Waals surface area contributed by atoms with Crippen molar-refractivity contribution in [3.63, 3.8) is 0 Å². The lowest BCUT2D eigenvalue weighted by molar-refractivity contribution is 0.0718. The minimum absolute atomic E-state index is 0.261. The molecule has 0 unspecified atom stereocenters. The number of aliphatic hydroxyl groups excluding tert-OH is 1. The molecule has 4 heteroatoms. The summed E-state index contributed by atoms with van der Waals surface area (Å²) in [7, 11) is 2.04. The highest BCUT2D eigenvalue weighted by molar-refractivity contribution is 5.18. The fourth-order valence-electron chi connectivity index (χ4n) is 2.97. The average Bonchev–Trinajstić information content (AvgIpc) is 2.64. The standard InChI is InChI=1S/C13H21N3O/c1-15-9-14-12-7-16(6-10-3-2-4-10)11(8-17)5-13(12)15/h9-11,17H,2-8H2,1H3/t11-/m1/s1. The van der Waals surface area contributed by atoms with Crippen LogP contribution in [0.2, 0.25) is 0 Å². The van der Waals surface area contributed by atoms with Crippen molar-refractivity contribution in [3.05, 3.63) is 17.7 Å². The molecule has 1 aliphatic heterocycles. The molecule has 1 aliphatic carbocycles. The zero-order valence-electron chi connectivity index (χ0n) is 10.5. The van der Waals surface area contributed by atoms with Crippen LogP contribution in [0.25, 0.3) is 0 Å². The molecule has 0 aromatic carbocycles. The largest absolute Gasteiger partial charge is 0.395 e. The Hall–Kier alpha value is -0.870. The highest BCUT2D eigenvalue weighted by atomic mass is 16.3. The van der Waals surface area contributed by atoms with Gasteiger partial charge in [0.15, 0.2) is 0 Å². The third-order valence-corrected chi connectivity index (χ3v) is 4.37. The summed E-state index contributed by atoms with van der Waals surface area (Å²) in [4.78, 5) is 6.90. The second kappa shape index (κ2) is 4.42. The van der Waals surface area contributed by atoms with E-state index in [0.29, 0.717) is 6.04 Å². The number of imidazole rings is 1. The Kier molecular flexibility index (Phi) is 2.92. The Morgan fingerprint density at radius 1 is 1.47 bits per heavy atom. The summed E-state index contributed by atoms with van der Waals surface area (Å²) in [5.74, 6) is 0.856. The maximum absolute atomic E-state index is 9.55. The van der Waals surface area contributed by atoms with Crippen LogP contribution in [-0.2, 0) is 20.0 Å². The monoisotopic (exact) mass is 235 g/mol. The predicted molar refractivity (Wildman–Crippen MR) is 65.5 cm³/mol. The summed E-state index contributed by atoms with van der Waals surface area (Å²) in [6.07, 6.45) is 6.95. The van der Waals surface area contributed by atoms with Crippen molar-refractivity contribution in [3.8, 4) is 0 Å². The van der Waals surface area contributed by atoms with Crippen molar-refractivity contribution in [2.75, 3.05) is 13.2 Å². The lowest BCUT2D eigenvalue weighted by Crippen LogP contribution is -2.46. The molecule has 17 heavy (non-hydrogen) atoms. The van der Waals surface area contributed by atoms with Crippen molar-refractivity contribution >= 4 is 0 Å². The van der Waals surface area contributed by atoms with Gasteiger partial charge in [0.05, 0.1) is 18.6 Å². The smallest absolute Gasteiger partial charge is 0.0949 e. The van der Waals surface area contributed by atoms with E-state index >= 15 is 0 Å². The number of fused-ring (bicyclic) bond motifs is 1. The molecule has 0 saturated heterocycles. The molecule has 1 saturated carbocycles.